The largest absolute Gasteiger partial charge is 0.492 e. The number of nitrogens with zero attached hydrogens (tertiary/aromatic N) is 3. The first-order chi connectivity index (χ1) is 15.6. The van der Waals surface area contributed by atoms with Gasteiger partial charge in [-0.25, -0.2) is 9.97 Å². The number of nitrogens with one attached hydrogen (secondary N) is 1. The third-order valence-electron chi connectivity index (χ3n) is 5.78. The molecule has 6 heteroatoms. The average Bonchev–Trinajstić information content (AvgIpc) is 2.82. The molecule has 0 unspecified atom stereocenters. The number of piperidine rings is 1. The van der Waals surface area contributed by atoms with Crippen molar-refractivity contribution in [2.75, 3.05) is 31.1 Å². The molecule has 1 aliphatic heterocycles. The Bertz CT molecular complexity index is 1030. The van der Waals surface area contributed by atoms with Crippen molar-refractivity contribution < 1.29 is 9.53 Å². The van der Waals surface area contributed by atoms with E-state index in [1.807, 2.05) is 48.5 Å². The maximum Gasteiger partial charge on any atom is 0.223 e. The number of amides is 1. The second-order valence-corrected chi connectivity index (χ2v) is 8.35. The Morgan fingerprint density at radius 2 is 1.75 bits per heavy atom. The molecule has 0 saturated carbocycles. The van der Waals surface area contributed by atoms with E-state index in [4.69, 9.17) is 4.74 Å². The number of benzene rings is 2. The van der Waals surface area contributed by atoms with Gasteiger partial charge in [-0.1, -0.05) is 36.4 Å². The minimum Gasteiger partial charge on any atom is -0.492 e. The van der Waals surface area contributed by atoms with Gasteiger partial charge in [0, 0.05) is 30.6 Å². The zero-order chi connectivity index (χ0) is 22.3. The van der Waals surface area contributed by atoms with Crippen LogP contribution >= 0.6 is 0 Å². The van der Waals surface area contributed by atoms with Gasteiger partial charge in [-0.3, -0.25) is 4.79 Å². The molecule has 2 heterocycles. The van der Waals surface area contributed by atoms with Gasteiger partial charge in [0.25, 0.3) is 0 Å². The van der Waals surface area contributed by atoms with Crippen LogP contribution in [0.1, 0.15) is 24.0 Å². The van der Waals surface area contributed by atoms with Gasteiger partial charge in [0.1, 0.15) is 24.5 Å². The molecule has 1 N–H and O–H groups in total. The summed E-state index contributed by atoms with van der Waals surface area (Å²) in [6, 6.07) is 18.3. The molecule has 1 amide bonds. The lowest BCUT2D eigenvalue weighted by Gasteiger charge is -2.32. The molecule has 0 spiro atoms. The summed E-state index contributed by atoms with van der Waals surface area (Å²) in [6.45, 7) is 6.70. The van der Waals surface area contributed by atoms with Crippen LogP contribution in [0, 0.1) is 19.8 Å². The molecule has 166 valence electrons. The molecule has 1 aromatic heterocycles. The van der Waals surface area contributed by atoms with Crippen molar-refractivity contribution in [3.8, 4) is 17.0 Å². The number of aryl methyl sites for hydroxylation is 2. The van der Waals surface area contributed by atoms with Crippen LogP contribution in [0.5, 0.6) is 5.75 Å². The van der Waals surface area contributed by atoms with Gasteiger partial charge in [-0.15, -0.1) is 0 Å². The number of hydrogen-bond donors (Lipinski definition) is 1. The van der Waals surface area contributed by atoms with E-state index in [1.165, 1.54) is 11.1 Å². The standard InChI is InChI=1S/C26H30N4O2/c1-19-14-20(2)16-23(15-19)32-13-10-27-26(31)22-8-11-30(12-9-22)25-17-24(28-18-29-25)21-6-4-3-5-7-21/h3-7,14-18,22H,8-13H2,1-2H3,(H,27,31). The summed E-state index contributed by atoms with van der Waals surface area (Å²) in [5.41, 5.74) is 4.35. The molecule has 0 atom stereocenters. The Labute approximate surface area is 189 Å². The molecule has 0 aliphatic carbocycles. The zero-order valence-corrected chi connectivity index (χ0v) is 18.8. The van der Waals surface area contributed by atoms with Crippen molar-refractivity contribution in [3.05, 3.63) is 72.1 Å². The van der Waals surface area contributed by atoms with Gasteiger partial charge in [0.15, 0.2) is 0 Å². The number of ether oxygens (including phenoxy) is 1. The SMILES string of the molecule is Cc1cc(C)cc(OCCNC(=O)C2CCN(c3cc(-c4ccccc4)ncn3)CC2)c1. The Balaban J connectivity index is 1.23. The zero-order valence-electron chi connectivity index (χ0n) is 18.8. The minimum atomic E-state index is 0.0305. The lowest BCUT2D eigenvalue weighted by Crippen LogP contribution is -2.41. The van der Waals surface area contributed by atoms with Gasteiger partial charge in [0.2, 0.25) is 5.91 Å². The average molecular weight is 431 g/mol. The van der Waals surface area contributed by atoms with Crippen LogP contribution in [0.2, 0.25) is 0 Å². The highest BCUT2D eigenvalue weighted by Crippen LogP contribution is 2.25. The Kier molecular flexibility index (Phi) is 7.00. The van der Waals surface area contributed by atoms with E-state index in [9.17, 15) is 4.79 Å². The number of anilines is 1. The van der Waals surface area contributed by atoms with Crippen molar-refractivity contribution in [1.82, 2.24) is 15.3 Å². The highest BCUT2D eigenvalue weighted by Gasteiger charge is 2.25. The van der Waals surface area contributed by atoms with E-state index in [-0.39, 0.29) is 11.8 Å². The minimum absolute atomic E-state index is 0.0305. The quantitative estimate of drug-likeness (QED) is 0.570. The van der Waals surface area contributed by atoms with Crippen LogP contribution in [-0.4, -0.2) is 42.1 Å². The topological polar surface area (TPSA) is 67.3 Å². The van der Waals surface area contributed by atoms with E-state index in [2.05, 4.69) is 40.1 Å². The van der Waals surface area contributed by atoms with Crippen LogP contribution < -0.4 is 15.0 Å². The van der Waals surface area contributed by atoms with Crippen molar-refractivity contribution in [3.63, 3.8) is 0 Å². The molecule has 6 nitrogen and oxygen atoms in total. The molecule has 1 fully saturated rings. The summed E-state index contributed by atoms with van der Waals surface area (Å²) in [5.74, 6) is 1.91. The number of carbonyl (C=O) groups is 1. The first kappa shape index (κ1) is 21.8. The summed E-state index contributed by atoms with van der Waals surface area (Å²) < 4.78 is 5.79. The lowest BCUT2D eigenvalue weighted by atomic mass is 9.96. The third kappa shape index (κ3) is 5.63. The normalized spacial score (nSPS) is 14.2. The van der Waals surface area contributed by atoms with E-state index >= 15 is 0 Å². The fourth-order valence-corrected chi connectivity index (χ4v) is 4.16. The number of aromatic nitrogens is 2. The first-order valence-electron chi connectivity index (χ1n) is 11.2. The van der Waals surface area contributed by atoms with Gasteiger partial charge in [-0.2, -0.15) is 0 Å². The van der Waals surface area contributed by atoms with Crippen molar-refractivity contribution >= 4 is 11.7 Å². The second-order valence-electron chi connectivity index (χ2n) is 8.35. The molecular weight excluding hydrogens is 400 g/mol. The van der Waals surface area contributed by atoms with Crippen LogP contribution in [0.15, 0.2) is 60.9 Å². The number of carbonyl (C=O) groups excluding carboxylic acids is 1. The van der Waals surface area contributed by atoms with Crippen molar-refractivity contribution in [1.29, 1.82) is 0 Å². The summed E-state index contributed by atoms with van der Waals surface area (Å²) >= 11 is 0. The molecule has 2 aromatic carbocycles. The van der Waals surface area contributed by atoms with E-state index in [0.29, 0.717) is 13.2 Å². The Morgan fingerprint density at radius 1 is 1.03 bits per heavy atom. The summed E-state index contributed by atoms with van der Waals surface area (Å²) in [5, 5.41) is 3.03. The molecule has 0 bridgehead atoms. The Hall–Kier alpha value is -3.41. The monoisotopic (exact) mass is 430 g/mol. The molecule has 0 radical (unpaired) electrons. The first-order valence-corrected chi connectivity index (χ1v) is 11.2. The summed E-state index contributed by atoms with van der Waals surface area (Å²) in [4.78, 5) is 23.7. The third-order valence-corrected chi connectivity index (χ3v) is 5.78. The van der Waals surface area contributed by atoms with Crippen molar-refractivity contribution in [2.24, 2.45) is 5.92 Å². The van der Waals surface area contributed by atoms with Crippen LogP contribution in [0.25, 0.3) is 11.3 Å². The summed E-state index contributed by atoms with van der Waals surface area (Å²) in [6.07, 6.45) is 3.25. The lowest BCUT2D eigenvalue weighted by molar-refractivity contribution is -0.125. The molecule has 4 rings (SSSR count). The number of hydrogen-bond acceptors (Lipinski definition) is 5. The summed E-state index contributed by atoms with van der Waals surface area (Å²) in [7, 11) is 0. The van der Waals surface area contributed by atoms with Gasteiger partial charge in [-0.05, 0) is 49.9 Å². The van der Waals surface area contributed by atoms with Gasteiger partial charge < -0.3 is 15.0 Å². The molecule has 1 saturated heterocycles. The van der Waals surface area contributed by atoms with E-state index in [0.717, 1.165) is 48.8 Å². The van der Waals surface area contributed by atoms with Gasteiger partial charge in [0.05, 0.1) is 12.2 Å². The predicted molar refractivity (Wildman–Crippen MR) is 127 cm³/mol. The highest BCUT2D eigenvalue weighted by atomic mass is 16.5. The van der Waals surface area contributed by atoms with Crippen LogP contribution in [0.3, 0.4) is 0 Å². The molecule has 1 aliphatic rings. The smallest absolute Gasteiger partial charge is 0.223 e. The highest BCUT2D eigenvalue weighted by molar-refractivity contribution is 5.79. The van der Waals surface area contributed by atoms with Crippen LogP contribution in [-0.2, 0) is 4.79 Å². The van der Waals surface area contributed by atoms with Crippen molar-refractivity contribution in [2.45, 2.75) is 26.7 Å². The molecular formula is C26H30N4O2. The van der Waals surface area contributed by atoms with E-state index < -0.39 is 0 Å². The van der Waals surface area contributed by atoms with Crippen LogP contribution in [0.4, 0.5) is 5.82 Å². The molecule has 32 heavy (non-hydrogen) atoms. The Morgan fingerprint density at radius 3 is 2.47 bits per heavy atom. The maximum absolute atomic E-state index is 12.6. The number of rotatable bonds is 7. The van der Waals surface area contributed by atoms with Gasteiger partial charge >= 0.3 is 0 Å². The fraction of sp³-hybridized carbons (Fsp3) is 0.346. The predicted octanol–water partition coefficient (Wildman–Crippen LogP) is 4.17. The second kappa shape index (κ2) is 10.3. The maximum atomic E-state index is 12.6. The fourth-order valence-electron chi connectivity index (χ4n) is 4.16. The molecule has 3 aromatic rings. The van der Waals surface area contributed by atoms with E-state index in [1.54, 1.807) is 6.33 Å².